The molecule has 0 heterocycles. The smallest absolute Gasteiger partial charge is 0.145 e. The molecule has 0 aliphatic carbocycles. The number of hydrogen-bond donors (Lipinski definition) is 1. The number of ether oxygens (including phenoxy) is 1. The normalized spacial score (nSPS) is 11.8. The fraction of sp³-hybridized carbons (Fsp3) is 0.188. The molecule has 102 valence electrons. The molecular weight excluding hydrogens is 257 g/mol. The van der Waals surface area contributed by atoms with Crippen LogP contribution in [0, 0.1) is 24.1 Å². The molecule has 0 spiro atoms. The average molecular weight is 271 g/mol. The van der Waals surface area contributed by atoms with Gasteiger partial charge in [0.25, 0.3) is 0 Å². The van der Waals surface area contributed by atoms with E-state index in [1.807, 2.05) is 6.07 Å². The van der Waals surface area contributed by atoms with Gasteiger partial charge in [-0.1, -0.05) is 12.1 Å². The number of para-hydroxylation sites is 1. The van der Waals surface area contributed by atoms with Gasteiger partial charge in [-0.25, -0.2) is 4.39 Å². The quantitative estimate of drug-likeness (QED) is 0.922. The minimum absolute atomic E-state index is 0.348. The number of hydrogen-bond acceptors (Lipinski definition) is 3. The van der Waals surface area contributed by atoms with Gasteiger partial charge in [0.1, 0.15) is 23.4 Å². The minimum Gasteiger partial charge on any atom is -0.456 e. The largest absolute Gasteiger partial charge is 0.456 e. The SMILES string of the molecule is Cc1cc(Oc2ccccc2C#N)c([C@H](C)O)cc1F. The van der Waals surface area contributed by atoms with E-state index in [4.69, 9.17) is 10.00 Å². The molecule has 2 aromatic carbocycles. The molecule has 3 nitrogen and oxygen atoms in total. The molecule has 2 rings (SSSR count). The van der Waals surface area contributed by atoms with E-state index in [0.717, 1.165) is 0 Å². The summed E-state index contributed by atoms with van der Waals surface area (Å²) in [5.41, 5.74) is 1.14. The Morgan fingerprint density at radius 1 is 1.25 bits per heavy atom. The van der Waals surface area contributed by atoms with Crippen molar-refractivity contribution in [3.63, 3.8) is 0 Å². The molecule has 0 unspecified atom stereocenters. The number of aliphatic hydroxyl groups is 1. The molecule has 0 aliphatic rings. The fourth-order valence-corrected chi connectivity index (χ4v) is 1.85. The minimum atomic E-state index is -0.866. The number of nitrogens with zero attached hydrogens (tertiary/aromatic N) is 1. The summed E-state index contributed by atoms with van der Waals surface area (Å²) < 4.78 is 19.3. The van der Waals surface area contributed by atoms with Crippen LogP contribution in [0.1, 0.15) is 29.7 Å². The van der Waals surface area contributed by atoms with Crippen LogP contribution < -0.4 is 4.74 Å². The van der Waals surface area contributed by atoms with Crippen LogP contribution in [0.15, 0.2) is 36.4 Å². The highest BCUT2D eigenvalue weighted by Gasteiger charge is 2.15. The molecule has 4 heteroatoms. The van der Waals surface area contributed by atoms with E-state index in [9.17, 15) is 9.50 Å². The van der Waals surface area contributed by atoms with Crippen molar-refractivity contribution in [1.29, 1.82) is 5.26 Å². The molecule has 0 amide bonds. The van der Waals surface area contributed by atoms with Crippen LogP contribution in [-0.4, -0.2) is 5.11 Å². The average Bonchev–Trinajstić information content (AvgIpc) is 2.43. The molecule has 0 aliphatic heterocycles. The Morgan fingerprint density at radius 2 is 1.95 bits per heavy atom. The zero-order chi connectivity index (χ0) is 14.7. The van der Waals surface area contributed by atoms with Gasteiger partial charge in [0.15, 0.2) is 0 Å². The second-order valence-corrected chi connectivity index (χ2v) is 4.53. The maximum absolute atomic E-state index is 13.6. The summed E-state index contributed by atoms with van der Waals surface area (Å²) in [7, 11) is 0. The molecule has 1 N–H and O–H groups in total. The van der Waals surface area contributed by atoms with Gasteiger partial charge >= 0.3 is 0 Å². The molecule has 0 aromatic heterocycles. The van der Waals surface area contributed by atoms with Crippen LogP contribution in [0.2, 0.25) is 0 Å². The van der Waals surface area contributed by atoms with Gasteiger partial charge in [0, 0.05) is 5.56 Å². The lowest BCUT2D eigenvalue weighted by molar-refractivity contribution is 0.195. The van der Waals surface area contributed by atoms with Crippen molar-refractivity contribution >= 4 is 0 Å². The predicted octanol–water partition coefficient (Wildman–Crippen LogP) is 3.85. The standard InChI is InChI=1S/C16H14FNO2/c1-10-7-16(13(11(2)19)8-14(10)17)20-15-6-4-3-5-12(15)9-18/h3-8,11,19H,1-2H3/t11-/m0/s1. The van der Waals surface area contributed by atoms with Gasteiger partial charge < -0.3 is 9.84 Å². The first kappa shape index (κ1) is 14.0. The van der Waals surface area contributed by atoms with E-state index in [1.165, 1.54) is 19.1 Å². The Bertz CT molecular complexity index is 675. The summed E-state index contributed by atoms with van der Waals surface area (Å²) in [6.45, 7) is 3.15. The Hall–Kier alpha value is -2.38. The molecule has 0 saturated heterocycles. The van der Waals surface area contributed by atoms with Crippen LogP contribution in [0.3, 0.4) is 0 Å². The Labute approximate surface area is 116 Å². The monoisotopic (exact) mass is 271 g/mol. The van der Waals surface area contributed by atoms with Gasteiger partial charge in [-0.15, -0.1) is 0 Å². The number of aryl methyl sites for hydroxylation is 1. The first-order valence-corrected chi connectivity index (χ1v) is 6.18. The van der Waals surface area contributed by atoms with Crippen molar-refractivity contribution < 1.29 is 14.2 Å². The third-order valence-corrected chi connectivity index (χ3v) is 2.97. The van der Waals surface area contributed by atoms with Crippen LogP contribution in [-0.2, 0) is 0 Å². The number of benzene rings is 2. The molecule has 0 bridgehead atoms. The summed E-state index contributed by atoms with van der Waals surface area (Å²) in [4.78, 5) is 0. The van der Waals surface area contributed by atoms with Crippen molar-refractivity contribution in [2.75, 3.05) is 0 Å². The van der Waals surface area contributed by atoms with E-state index in [2.05, 4.69) is 0 Å². The highest BCUT2D eigenvalue weighted by atomic mass is 19.1. The fourth-order valence-electron chi connectivity index (χ4n) is 1.85. The Morgan fingerprint density at radius 3 is 2.60 bits per heavy atom. The number of halogens is 1. The molecule has 0 radical (unpaired) electrons. The Balaban J connectivity index is 2.48. The predicted molar refractivity (Wildman–Crippen MR) is 73.0 cm³/mol. The molecular formula is C16H14FNO2. The summed E-state index contributed by atoms with van der Waals surface area (Å²) in [5, 5.41) is 18.7. The van der Waals surface area contributed by atoms with E-state index < -0.39 is 11.9 Å². The highest BCUT2D eigenvalue weighted by Crippen LogP contribution is 2.33. The Kier molecular flexibility index (Phi) is 4.02. The van der Waals surface area contributed by atoms with Crippen molar-refractivity contribution in [3.05, 3.63) is 58.9 Å². The van der Waals surface area contributed by atoms with Crippen LogP contribution >= 0.6 is 0 Å². The highest BCUT2D eigenvalue weighted by molar-refractivity contribution is 5.48. The summed E-state index contributed by atoms with van der Waals surface area (Å²) >= 11 is 0. The summed E-state index contributed by atoms with van der Waals surface area (Å²) in [5.74, 6) is 0.325. The molecule has 2 aromatic rings. The maximum Gasteiger partial charge on any atom is 0.145 e. The molecule has 20 heavy (non-hydrogen) atoms. The molecule has 1 atom stereocenters. The van der Waals surface area contributed by atoms with Gasteiger partial charge in [0.2, 0.25) is 0 Å². The van der Waals surface area contributed by atoms with E-state index in [1.54, 1.807) is 31.2 Å². The van der Waals surface area contributed by atoms with Crippen molar-refractivity contribution in [2.24, 2.45) is 0 Å². The third kappa shape index (κ3) is 2.79. The van der Waals surface area contributed by atoms with Gasteiger partial charge in [-0.2, -0.15) is 5.26 Å². The van der Waals surface area contributed by atoms with E-state index in [0.29, 0.717) is 28.2 Å². The summed E-state index contributed by atoms with van der Waals surface area (Å²) in [6, 6.07) is 11.6. The van der Waals surface area contributed by atoms with Gasteiger partial charge in [0.05, 0.1) is 11.7 Å². The first-order valence-electron chi connectivity index (χ1n) is 6.18. The lowest BCUT2D eigenvalue weighted by Crippen LogP contribution is -1.99. The lowest BCUT2D eigenvalue weighted by Gasteiger charge is -2.15. The van der Waals surface area contributed by atoms with E-state index >= 15 is 0 Å². The molecule has 0 saturated carbocycles. The third-order valence-electron chi connectivity index (χ3n) is 2.97. The van der Waals surface area contributed by atoms with E-state index in [-0.39, 0.29) is 0 Å². The topological polar surface area (TPSA) is 53.2 Å². The van der Waals surface area contributed by atoms with Crippen LogP contribution in [0.25, 0.3) is 0 Å². The van der Waals surface area contributed by atoms with Crippen LogP contribution in [0.4, 0.5) is 4.39 Å². The maximum atomic E-state index is 13.6. The number of nitriles is 1. The number of aliphatic hydroxyl groups excluding tert-OH is 1. The van der Waals surface area contributed by atoms with Gasteiger partial charge in [-0.3, -0.25) is 0 Å². The zero-order valence-corrected chi connectivity index (χ0v) is 11.2. The zero-order valence-electron chi connectivity index (χ0n) is 11.2. The van der Waals surface area contributed by atoms with Crippen molar-refractivity contribution in [1.82, 2.24) is 0 Å². The van der Waals surface area contributed by atoms with Crippen LogP contribution in [0.5, 0.6) is 11.5 Å². The second kappa shape index (κ2) is 5.72. The second-order valence-electron chi connectivity index (χ2n) is 4.53. The summed E-state index contributed by atoms with van der Waals surface area (Å²) in [6.07, 6.45) is -0.866. The van der Waals surface area contributed by atoms with Gasteiger partial charge in [-0.05, 0) is 43.7 Å². The lowest BCUT2D eigenvalue weighted by atomic mass is 10.1. The first-order chi connectivity index (χ1) is 9.52. The van der Waals surface area contributed by atoms with Crippen molar-refractivity contribution in [2.45, 2.75) is 20.0 Å². The molecule has 0 fully saturated rings. The van der Waals surface area contributed by atoms with Crippen molar-refractivity contribution in [3.8, 4) is 17.6 Å². The number of rotatable bonds is 3.